The molecule has 0 spiro atoms. The lowest BCUT2D eigenvalue weighted by molar-refractivity contribution is -0.118. The van der Waals surface area contributed by atoms with E-state index in [-0.39, 0.29) is 24.3 Å². The predicted molar refractivity (Wildman–Crippen MR) is 70.2 cm³/mol. The Morgan fingerprint density at radius 1 is 1.16 bits per heavy atom. The number of carboxylic acid groups (broad SMARTS) is 1. The van der Waals surface area contributed by atoms with Gasteiger partial charge in [-0.15, -0.1) is 0 Å². The first kappa shape index (κ1) is 12.9. The van der Waals surface area contributed by atoms with Crippen molar-refractivity contribution in [2.75, 3.05) is 6.61 Å². The van der Waals surface area contributed by atoms with Gasteiger partial charge in [0.2, 0.25) is 5.91 Å². The summed E-state index contributed by atoms with van der Waals surface area (Å²) in [6.45, 7) is 0.0591. The monoisotopic (exact) mass is 259 g/mol. The van der Waals surface area contributed by atoms with E-state index in [1.807, 2.05) is 12.1 Å². The maximum Gasteiger partial charge on any atom is 0.339 e. The van der Waals surface area contributed by atoms with Crippen LogP contribution in [0.25, 0.3) is 10.8 Å². The number of rotatable bonds is 5. The highest BCUT2D eigenvalue weighted by molar-refractivity contribution is 6.00. The fourth-order valence-electron chi connectivity index (χ4n) is 1.82. The maximum atomic E-state index is 11.2. The molecular weight excluding hydrogens is 246 g/mol. The molecule has 2 aromatic rings. The van der Waals surface area contributed by atoms with Gasteiger partial charge in [0.1, 0.15) is 11.3 Å². The Morgan fingerprint density at radius 2 is 1.89 bits per heavy atom. The van der Waals surface area contributed by atoms with Gasteiger partial charge >= 0.3 is 5.97 Å². The molecule has 0 bridgehead atoms. The first-order valence-electron chi connectivity index (χ1n) is 5.75. The van der Waals surface area contributed by atoms with Crippen molar-refractivity contribution in [1.82, 2.24) is 0 Å². The summed E-state index contributed by atoms with van der Waals surface area (Å²) in [5, 5.41) is 10.7. The second-order valence-electron chi connectivity index (χ2n) is 4.03. The average Bonchev–Trinajstić information content (AvgIpc) is 2.38. The van der Waals surface area contributed by atoms with E-state index in [9.17, 15) is 9.59 Å². The summed E-state index contributed by atoms with van der Waals surface area (Å²) in [5.41, 5.74) is 5.10. The van der Waals surface area contributed by atoms with Gasteiger partial charge in [-0.05, 0) is 11.5 Å². The molecule has 0 atom stereocenters. The Hall–Kier alpha value is -2.56. The summed E-state index contributed by atoms with van der Waals surface area (Å²) in [6.07, 6.45) is 0.0439. The van der Waals surface area contributed by atoms with E-state index >= 15 is 0 Å². The van der Waals surface area contributed by atoms with Gasteiger partial charge in [0.25, 0.3) is 0 Å². The molecule has 0 fully saturated rings. The van der Waals surface area contributed by atoms with Gasteiger partial charge < -0.3 is 15.6 Å². The summed E-state index contributed by atoms with van der Waals surface area (Å²) >= 11 is 0. The molecule has 0 aliphatic rings. The normalized spacial score (nSPS) is 10.3. The summed E-state index contributed by atoms with van der Waals surface area (Å²) < 4.78 is 5.44. The number of aromatic carboxylic acids is 1. The molecule has 2 rings (SSSR count). The van der Waals surface area contributed by atoms with Crippen molar-refractivity contribution in [2.45, 2.75) is 6.42 Å². The number of hydrogen-bond donors (Lipinski definition) is 2. The number of amides is 1. The molecule has 0 heterocycles. The van der Waals surface area contributed by atoms with Crippen molar-refractivity contribution in [3.8, 4) is 5.75 Å². The van der Waals surface area contributed by atoms with Gasteiger partial charge in [-0.3, -0.25) is 4.79 Å². The van der Waals surface area contributed by atoms with E-state index in [0.717, 1.165) is 5.39 Å². The van der Waals surface area contributed by atoms with E-state index in [2.05, 4.69) is 0 Å². The van der Waals surface area contributed by atoms with Crippen molar-refractivity contribution < 1.29 is 19.4 Å². The van der Waals surface area contributed by atoms with Gasteiger partial charge in [-0.25, -0.2) is 4.79 Å². The molecule has 0 aliphatic carbocycles. The number of primary amides is 1. The van der Waals surface area contributed by atoms with Crippen LogP contribution in [0, 0.1) is 0 Å². The second kappa shape index (κ2) is 5.39. The van der Waals surface area contributed by atoms with Crippen LogP contribution in [0.3, 0.4) is 0 Å². The lowest BCUT2D eigenvalue weighted by Crippen LogP contribution is -2.15. The number of fused-ring (bicyclic) bond motifs is 1. The van der Waals surface area contributed by atoms with Crippen molar-refractivity contribution in [3.05, 3.63) is 42.0 Å². The van der Waals surface area contributed by atoms with Crippen LogP contribution in [-0.2, 0) is 4.79 Å². The van der Waals surface area contributed by atoms with Crippen LogP contribution in [0.5, 0.6) is 5.75 Å². The minimum atomic E-state index is -1.07. The standard InChI is InChI=1S/C14H13NO4/c15-12(16)7-8-19-13-10-4-2-1-3-9(10)5-6-11(13)14(17)18/h1-6H,7-8H2,(H2,15,16)(H,17,18). The fourth-order valence-corrected chi connectivity index (χ4v) is 1.82. The third-order valence-electron chi connectivity index (χ3n) is 2.70. The maximum absolute atomic E-state index is 11.2. The molecule has 0 aromatic heterocycles. The van der Waals surface area contributed by atoms with Crippen molar-refractivity contribution in [2.24, 2.45) is 5.73 Å². The highest BCUT2D eigenvalue weighted by atomic mass is 16.5. The Morgan fingerprint density at radius 3 is 2.58 bits per heavy atom. The lowest BCUT2D eigenvalue weighted by Gasteiger charge is -2.11. The van der Waals surface area contributed by atoms with Gasteiger partial charge in [0, 0.05) is 5.39 Å². The minimum absolute atomic E-state index is 0.0439. The first-order valence-corrected chi connectivity index (χ1v) is 5.75. The smallest absolute Gasteiger partial charge is 0.339 e. The van der Waals surface area contributed by atoms with Crippen LogP contribution < -0.4 is 10.5 Å². The topological polar surface area (TPSA) is 89.6 Å². The van der Waals surface area contributed by atoms with Crippen LogP contribution in [0.1, 0.15) is 16.8 Å². The summed E-state index contributed by atoms with van der Waals surface area (Å²) in [5.74, 6) is -1.29. The predicted octanol–water partition coefficient (Wildman–Crippen LogP) is 1.79. The zero-order chi connectivity index (χ0) is 13.8. The molecular formula is C14H13NO4. The van der Waals surface area contributed by atoms with Crippen molar-refractivity contribution in [1.29, 1.82) is 0 Å². The third kappa shape index (κ3) is 2.82. The number of benzene rings is 2. The average molecular weight is 259 g/mol. The van der Waals surface area contributed by atoms with Crippen LogP contribution in [-0.4, -0.2) is 23.6 Å². The molecule has 0 saturated heterocycles. The van der Waals surface area contributed by atoms with E-state index in [1.165, 1.54) is 6.07 Å². The zero-order valence-corrected chi connectivity index (χ0v) is 10.1. The van der Waals surface area contributed by atoms with E-state index < -0.39 is 11.9 Å². The van der Waals surface area contributed by atoms with E-state index in [0.29, 0.717) is 5.39 Å². The van der Waals surface area contributed by atoms with Gasteiger partial charge in [0.15, 0.2) is 0 Å². The lowest BCUT2D eigenvalue weighted by atomic mass is 10.1. The number of nitrogens with two attached hydrogens (primary N) is 1. The SMILES string of the molecule is NC(=O)CCOc1c(C(=O)O)ccc2ccccc12. The molecule has 0 saturated carbocycles. The van der Waals surface area contributed by atoms with Crippen LogP contribution in [0.15, 0.2) is 36.4 Å². The quantitative estimate of drug-likeness (QED) is 0.856. The number of ether oxygens (including phenoxy) is 1. The molecule has 5 nitrogen and oxygen atoms in total. The summed E-state index contributed by atoms with van der Waals surface area (Å²) in [6, 6.07) is 10.5. The molecule has 0 aliphatic heterocycles. The molecule has 3 N–H and O–H groups in total. The largest absolute Gasteiger partial charge is 0.491 e. The Kier molecular flexibility index (Phi) is 3.66. The first-order chi connectivity index (χ1) is 9.09. The second-order valence-corrected chi connectivity index (χ2v) is 4.03. The number of carbonyl (C=O) groups is 2. The Labute approximate surface area is 109 Å². The van der Waals surface area contributed by atoms with Crippen molar-refractivity contribution in [3.63, 3.8) is 0 Å². The van der Waals surface area contributed by atoms with Crippen molar-refractivity contribution >= 4 is 22.6 Å². The van der Waals surface area contributed by atoms with Gasteiger partial charge in [-0.1, -0.05) is 30.3 Å². The molecule has 5 heteroatoms. The number of carbonyl (C=O) groups excluding carboxylic acids is 1. The molecule has 0 unspecified atom stereocenters. The van der Waals surface area contributed by atoms with Crippen LogP contribution in [0.4, 0.5) is 0 Å². The fraction of sp³-hybridized carbons (Fsp3) is 0.143. The summed E-state index contributed by atoms with van der Waals surface area (Å²) in [4.78, 5) is 21.9. The van der Waals surface area contributed by atoms with Gasteiger partial charge in [-0.2, -0.15) is 0 Å². The Balaban J connectivity index is 2.43. The van der Waals surface area contributed by atoms with E-state index in [1.54, 1.807) is 18.2 Å². The molecule has 1 amide bonds. The molecule has 2 aromatic carbocycles. The molecule has 19 heavy (non-hydrogen) atoms. The van der Waals surface area contributed by atoms with Crippen LogP contribution >= 0.6 is 0 Å². The molecule has 98 valence electrons. The van der Waals surface area contributed by atoms with E-state index in [4.69, 9.17) is 15.6 Å². The molecule has 0 radical (unpaired) electrons. The minimum Gasteiger partial charge on any atom is -0.491 e. The summed E-state index contributed by atoms with van der Waals surface area (Å²) in [7, 11) is 0. The zero-order valence-electron chi connectivity index (χ0n) is 10.1. The highest BCUT2D eigenvalue weighted by Crippen LogP contribution is 2.30. The highest BCUT2D eigenvalue weighted by Gasteiger charge is 2.14. The Bertz CT molecular complexity index is 636. The number of carboxylic acids is 1. The number of hydrogen-bond acceptors (Lipinski definition) is 3. The van der Waals surface area contributed by atoms with Gasteiger partial charge in [0.05, 0.1) is 13.0 Å². The third-order valence-corrected chi connectivity index (χ3v) is 2.70. The van der Waals surface area contributed by atoms with Crippen LogP contribution in [0.2, 0.25) is 0 Å².